The standard InChI is InChI=1S/C19H32N4O2/c24-12-6-10-18-15-23(21-20-18)14-16-7-5-11-22(13-16)19(25)17-8-3-1-2-4-9-17/h15-17,24H,1-14H2/t16-/m1/s1. The fraction of sp³-hybridized carbons (Fsp3) is 0.842. The minimum atomic E-state index is 0.188. The lowest BCUT2D eigenvalue weighted by Gasteiger charge is -2.34. The third-order valence-corrected chi connectivity index (χ3v) is 5.66. The zero-order valence-corrected chi connectivity index (χ0v) is 15.3. The predicted octanol–water partition coefficient (Wildman–Crippen LogP) is 2.41. The average Bonchev–Trinajstić information content (AvgIpc) is 2.90. The molecule has 2 aliphatic rings. The van der Waals surface area contributed by atoms with E-state index in [1.807, 2.05) is 10.9 Å². The molecule has 25 heavy (non-hydrogen) atoms. The molecule has 1 aliphatic carbocycles. The number of hydrogen-bond acceptors (Lipinski definition) is 4. The average molecular weight is 348 g/mol. The Morgan fingerprint density at radius 1 is 1.16 bits per heavy atom. The van der Waals surface area contributed by atoms with Crippen LogP contribution in [0.5, 0.6) is 0 Å². The molecular formula is C19H32N4O2. The van der Waals surface area contributed by atoms with Crippen molar-refractivity contribution in [1.82, 2.24) is 19.9 Å². The Bertz CT molecular complexity index is 537. The maximum atomic E-state index is 12.9. The van der Waals surface area contributed by atoms with Gasteiger partial charge in [0.15, 0.2) is 0 Å². The van der Waals surface area contributed by atoms with E-state index in [0.717, 1.165) is 63.9 Å². The maximum Gasteiger partial charge on any atom is 0.225 e. The first-order chi connectivity index (χ1) is 12.3. The topological polar surface area (TPSA) is 71.2 Å². The second kappa shape index (κ2) is 9.32. The third kappa shape index (κ3) is 5.27. The van der Waals surface area contributed by atoms with E-state index in [0.29, 0.717) is 11.8 Å². The minimum absolute atomic E-state index is 0.188. The minimum Gasteiger partial charge on any atom is -0.396 e. The Hall–Kier alpha value is -1.43. The Kier molecular flexibility index (Phi) is 6.84. The Morgan fingerprint density at radius 2 is 1.96 bits per heavy atom. The molecule has 1 aromatic rings. The summed E-state index contributed by atoms with van der Waals surface area (Å²) in [5.41, 5.74) is 0.941. The number of aryl methyl sites for hydroxylation is 1. The number of piperidine rings is 1. The van der Waals surface area contributed by atoms with Gasteiger partial charge in [0.1, 0.15) is 0 Å². The monoisotopic (exact) mass is 348 g/mol. The zero-order valence-electron chi connectivity index (χ0n) is 15.3. The summed E-state index contributed by atoms with van der Waals surface area (Å²) in [5.74, 6) is 1.13. The molecule has 1 saturated carbocycles. The van der Waals surface area contributed by atoms with Crippen LogP contribution in [0.1, 0.15) is 63.5 Å². The van der Waals surface area contributed by atoms with Crippen LogP contribution < -0.4 is 0 Å². The summed E-state index contributed by atoms with van der Waals surface area (Å²) in [7, 11) is 0. The van der Waals surface area contributed by atoms with Crippen molar-refractivity contribution in [2.24, 2.45) is 11.8 Å². The second-order valence-corrected chi connectivity index (χ2v) is 7.74. The first kappa shape index (κ1) is 18.4. The van der Waals surface area contributed by atoms with Gasteiger partial charge in [-0.2, -0.15) is 0 Å². The molecule has 2 fully saturated rings. The summed E-state index contributed by atoms with van der Waals surface area (Å²) >= 11 is 0. The number of carbonyl (C=O) groups excluding carboxylic acids is 1. The molecule has 6 heteroatoms. The molecule has 1 saturated heterocycles. The summed E-state index contributed by atoms with van der Waals surface area (Å²) in [5, 5.41) is 17.3. The molecule has 1 amide bonds. The highest BCUT2D eigenvalue weighted by molar-refractivity contribution is 5.79. The van der Waals surface area contributed by atoms with E-state index >= 15 is 0 Å². The van der Waals surface area contributed by atoms with Crippen LogP contribution in [0.15, 0.2) is 6.20 Å². The van der Waals surface area contributed by atoms with Crippen molar-refractivity contribution in [2.75, 3.05) is 19.7 Å². The van der Waals surface area contributed by atoms with Gasteiger partial charge in [-0.15, -0.1) is 5.10 Å². The first-order valence-electron chi connectivity index (χ1n) is 10.0. The number of amides is 1. The SMILES string of the molecule is O=C(C1CCCCCC1)N1CCC[C@@H](Cn2cc(CCCO)nn2)C1. The number of rotatable bonds is 6. The molecule has 1 N–H and O–H groups in total. The van der Waals surface area contributed by atoms with Gasteiger partial charge >= 0.3 is 0 Å². The van der Waals surface area contributed by atoms with Gasteiger partial charge in [-0.05, 0) is 44.4 Å². The van der Waals surface area contributed by atoms with Crippen LogP contribution in [0.4, 0.5) is 0 Å². The molecule has 0 spiro atoms. The summed E-state index contributed by atoms with van der Waals surface area (Å²) in [6.45, 7) is 2.81. The largest absolute Gasteiger partial charge is 0.396 e. The fourth-order valence-electron chi connectivity index (χ4n) is 4.27. The van der Waals surface area contributed by atoms with Gasteiger partial charge in [-0.1, -0.05) is 30.9 Å². The molecule has 1 aliphatic heterocycles. The molecule has 0 aromatic carbocycles. The number of nitrogens with zero attached hydrogens (tertiary/aromatic N) is 4. The lowest BCUT2D eigenvalue weighted by atomic mass is 9.94. The van der Waals surface area contributed by atoms with E-state index < -0.39 is 0 Å². The number of carbonyl (C=O) groups is 1. The number of hydrogen-bond donors (Lipinski definition) is 1. The zero-order chi connectivity index (χ0) is 17.5. The van der Waals surface area contributed by atoms with Crippen molar-refractivity contribution >= 4 is 5.91 Å². The van der Waals surface area contributed by atoms with E-state index in [1.54, 1.807) is 0 Å². The molecule has 1 aromatic heterocycles. The van der Waals surface area contributed by atoms with E-state index in [4.69, 9.17) is 5.11 Å². The molecule has 0 bridgehead atoms. The van der Waals surface area contributed by atoms with Crippen LogP contribution in [0, 0.1) is 11.8 Å². The summed E-state index contributed by atoms with van der Waals surface area (Å²) in [4.78, 5) is 15.0. The number of aromatic nitrogens is 3. The molecule has 2 heterocycles. The van der Waals surface area contributed by atoms with Gasteiger partial charge in [-0.25, -0.2) is 0 Å². The lowest BCUT2D eigenvalue weighted by molar-refractivity contribution is -0.138. The molecule has 6 nitrogen and oxygen atoms in total. The van der Waals surface area contributed by atoms with Crippen molar-refractivity contribution < 1.29 is 9.90 Å². The van der Waals surface area contributed by atoms with Gasteiger partial charge in [0.2, 0.25) is 5.91 Å². The molecule has 140 valence electrons. The molecule has 0 unspecified atom stereocenters. The normalized spacial score (nSPS) is 22.8. The van der Waals surface area contributed by atoms with E-state index in [2.05, 4.69) is 15.2 Å². The van der Waals surface area contributed by atoms with Gasteiger partial charge in [0.25, 0.3) is 0 Å². The highest BCUT2D eigenvalue weighted by Gasteiger charge is 2.29. The molecule has 3 rings (SSSR count). The van der Waals surface area contributed by atoms with E-state index in [9.17, 15) is 4.79 Å². The quantitative estimate of drug-likeness (QED) is 0.802. The third-order valence-electron chi connectivity index (χ3n) is 5.66. The van der Waals surface area contributed by atoms with Gasteiger partial charge in [0.05, 0.1) is 5.69 Å². The van der Waals surface area contributed by atoms with E-state index in [-0.39, 0.29) is 12.5 Å². The fourth-order valence-corrected chi connectivity index (χ4v) is 4.27. The van der Waals surface area contributed by atoms with Crippen molar-refractivity contribution in [3.8, 4) is 0 Å². The molecule has 0 radical (unpaired) electrons. The Balaban J connectivity index is 1.51. The van der Waals surface area contributed by atoms with Crippen LogP contribution in [-0.2, 0) is 17.8 Å². The highest BCUT2D eigenvalue weighted by atomic mass is 16.3. The first-order valence-corrected chi connectivity index (χ1v) is 10.0. The van der Waals surface area contributed by atoms with E-state index in [1.165, 1.54) is 25.7 Å². The smallest absolute Gasteiger partial charge is 0.225 e. The maximum absolute atomic E-state index is 12.9. The number of aliphatic hydroxyl groups is 1. The van der Waals surface area contributed by atoms with Crippen LogP contribution in [0.3, 0.4) is 0 Å². The summed E-state index contributed by atoms with van der Waals surface area (Å²) in [6, 6.07) is 0. The van der Waals surface area contributed by atoms with Gasteiger partial charge in [-0.3, -0.25) is 9.48 Å². The Labute approximate surface area is 150 Å². The van der Waals surface area contributed by atoms with Crippen molar-refractivity contribution in [3.05, 3.63) is 11.9 Å². The molecule has 1 atom stereocenters. The van der Waals surface area contributed by atoms with Crippen LogP contribution in [-0.4, -0.2) is 50.6 Å². The molecular weight excluding hydrogens is 316 g/mol. The van der Waals surface area contributed by atoms with Gasteiger partial charge < -0.3 is 10.0 Å². The van der Waals surface area contributed by atoms with Crippen LogP contribution >= 0.6 is 0 Å². The van der Waals surface area contributed by atoms with Crippen LogP contribution in [0.2, 0.25) is 0 Å². The van der Waals surface area contributed by atoms with Crippen LogP contribution in [0.25, 0.3) is 0 Å². The predicted molar refractivity (Wildman–Crippen MR) is 95.9 cm³/mol. The Morgan fingerprint density at radius 3 is 2.72 bits per heavy atom. The number of likely N-dealkylation sites (tertiary alicyclic amines) is 1. The highest BCUT2D eigenvalue weighted by Crippen LogP contribution is 2.27. The summed E-state index contributed by atoms with van der Waals surface area (Å²) in [6.07, 6.45) is 12.9. The van der Waals surface area contributed by atoms with Crippen molar-refractivity contribution in [3.63, 3.8) is 0 Å². The number of aliphatic hydroxyl groups excluding tert-OH is 1. The van der Waals surface area contributed by atoms with Crippen molar-refractivity contribution in [2.45, 2.75) is 70.8 Å². The summed E-state index contributed by atoms with van der Waals surface area (Å²) < 4.78 is 1.91. The second-order valence-electron chi connectivity index (χ2n) is 7.74. The van der Waals surface area contributed by atoms with Gasteiger partial charge in [0, 0.05) is 38.4 Å². The van der Waals surface area contributed by atoms with Crippen molar-refractivity contribution in [1.29, 1.82) is 0 Å². The lowest BCUT2D eigenvalue weighted by Crippen LogP contribution is -2.44.